The molecule has 1 heterocycles. The van der Waals surface area contributed by atoms with Gasteiger partial charge in [0.05, 0.1) is 6.10 Å². The molecule has 134 valence electrons. The second-order valence-corrected chi connectivity index (χ2v) is 6.95. The van der Waals surface area contributed by atoms with Crippen LogP contribution >= 0.6 is 0 Å². The lowest BCUT2D eigenvalue weighted by atomic mass is 9.89. The van der Waals surface area contributed by atoms with E-state index in [0.29, 0.717) is 5.69 Å². The van der Waals surface area contributed by atoms with E-state index in [1.165, 1.54) is 28.9 Å². The molecule has 0 bridgehead atoms. The predicted molar refractivity (Wildman–Crippen MR) is 92.3 cm³/mol. The number of rotatable bonds is 4. The number of aromatic nitrogens is 2. The van der Waals surface area contributed by atoms with Crippen molar-refractivity contribution in [1.29, 1.82) is 0 Å². The van der Waals surface area contributed by atoms with Gasteiger partial charge >= 0.3 is 0 Å². The van der Waals surface area contributed by atoms with Crippen molar-refractivity contribution < 1.29 is 14.3 Å². The second kappa shape index (κ2) is 7.14. The van der Waals surface area contributed by atoms with Gasteiger partial charge in [0.1, 0.15) is 11.5 Å². The largest absolute Gasteiger partial charge is 0.391 e. The van der Waals surface area contributed by atoms with E-state index in [-0.39, 0.29) is 17.9 Å². The van der Waals surface area contributed by atoms with E-state index in [1.54, 1.807) is 13.0 Å². The van der Waals surface area contributed by atoms with Crippen molar-refractivity contribution in [1.82, 2.24) is 15.1 Å². The summed E-state index contributed by atoms with van der Waals surface area (Å²) in [5.74, 6) is -1.23. The number of nitrogens with zero attached hydrogens (tertiary/aromatic N) is 2. The number of carbonyl (C=O) groups excluding carboxylic acids is 1. The van der Waals surface area contributed by atoms with Crippen LogP contribution in [0.2, 0.25) is 0 Å². The minimum absolute atomic E-state index is 0.0168. The molecule has 1 unspecified atom stereocenters. The van der Waals surface area contributed by atoms with Crippen LogP contribution in [0.5, 0.6) is 0 Å². The quantitative estimate of drug-likeness (QED) is 0.884. The van der Waals surface area contributed by atoms with Crippen LogP contribution in [-0.2, 0) is 0 Å². The van der Waals surface area contributed by atoms with Crippen LogP contribution in [0.1, 0.15) is 37.0 Å². The standard InChI is InChI=1S/C18H22FN3O3/c1-11-9-14(23)16(17(25)20-10-15(24)18(2,3)4)21-22(11)13-8-6-5-7-12(13)19/h5-9,15,24H,10H2,1-4H3,(H,20,25). The van der Waals surface area contributed by atoms with Crippen molar-refractivity contribution in [3.63, 3.8) is 0 Å². The highest BCUT2D eigenvalue weighted by atomic mass is 19.1. The smallest absolute Gasteiger partial charge is 0.275 e. The van der Waals surface area contributed by atoms with Crippen molar-refractivity contribution in [2.24, 2.45) is 5.41 Å². The Labute approximate surface area is 145 Å². The summed E-state index contributed by atoms with van der Waals surface area (Å²) in [6.07, 6.45) is -0.782. The number of nitrogens with one attached hydrogen (secondary N) is 1. The molecule has 25 heavy (non-hydrogen) atoms. The van der Waals surface area contributed by atoms with Crippen LogP contribution in [0.4, 0.5) is 4.39 Å². The molecule has 1 aromatic heterocycles. The number of hydrogen-bond acceptors (Lipinski definition) is 4. The van der Waals surface area contributed by atoms with E-state index in [9.17, 15) is 19.1 Å². The van der Waals surface area contributed by atoms with Crippen molar-refractivity contribution in [2.75, 3.05) is 6.54 Å². The number of hydrogen-bond donors (Lipinski definition) is 2. The first-order valence-corrected chi connectivity index (χ1v) is 7.93. The summed E-state index contributed by atoms with van der Waals surface area (Å²) in [5, 5.41) is 16.5. The number of carbonyl (C=O) groups is 1. The zero-order valence-corrected chi connectivity index (χ0v) is 14.7. The SMILES string of the molecule is Cc1cc(=O)c(C(=O)NCC(O)C(C)(C)C)nn1-c1ccccc1F. The Morgan fingerprint density at radius 3 is 2.60 bits per heavy atom. The fraction of sp³-hybridized carbons (Fsp3) is 0.389. The van der Waals surface area contributed by atoms with Crippen molar-refractivity contribution in [3.05, 3.63) is 57.8 Å². The first-order valence-electron chi connectivity index (χ1n) is 7.93. The van der Waals surface area contributed by atoms with Crippen LogP contribution in [0.25, 0.3) is 5.69 Å². The maximum atomic E-state index is 14.0. The minimum Gasteiger partial charge on any atom is -0.391 e. The van der Waals surface area contributed by atoms with Crippen LogP contribution in [0.3, 0.4) is 0 Å². The summed E-state index contributed by atoms with van der Waals surface area (Å²) in [7, 11) is 0. The molecule has 2 aromatic rings. The summed E-state index contributed by atoms with van der Waals surface area (Å²) in [6.45, 7) is 7.08. The zero-order valence-electron chi connectivity index (χ0n) is 14.7. The molecule has 1 aromatic carbocycles. The van der Waals surface area contributed by atoms with Gasteiger partial charge in [0.2, 0.25) is 5.43 Å². The number of amides is 1. The van der Waals surface area contributed by atoms with Gasteiger partial charge in [0.25, 0.3) is 5.91 Å². The van der Waals surface area contributed by atoms with E-state index < -0.39 is 28.7 Å². The lowest BCUT2D eigenvalue weighted by Crippen LogP contribution is -2.41. The maximum absolute atomic E-state index is 14.0. The predicted octanol–water partition coefficient (Wildman–Crippen LogP) is 1.82. The highest BCUT2D eigenvalue weighted by molar-refractivity contribution is 5.92. The third kappa shape index (κ3) is 4.30. The van der Waals surface area contributed by atoms with Gasteiger partial charge in [-0.2, -0.15) is 5.10 Å². The number of benzene rings is 1. The Hall–Kier alpha value is -2.54. The number of para-hydroxylation sites is 1. The maximum Gasteiger partial charge on any atom is 0.275 e. The Kier molecular flexibility index (Phi) is 5.37. The molecule has 0 aliphatic heterocycles. The van der Waals surface area contributed by atoms with Gasteiger partial charge in [0.15, 0.2) is 5.69 Å². The second-order valence-electron chi connectivity index (χ2n) is 6.95. The van der Waals surface area contributed by atoms with E-state index >= 15 is 0 Å². The van der Waals surface area contributed by atoms with Crippen LogP contribution in [0.15, 0.2) is 35.1 Å². The normalized spacial score (nSPS) is 12.7. The van der Waals surface area contributed by atoms with Gasteiger partial charge in [-0.3, -0.25) is 9.59 Å². The molecule has 0 spiro atoms. The van der Waals surface area contributed by atoms with Gasteiger partial charge in [-0.1, -0.05) is 32.9 Å². The highest BCUT2D eigenvalue weighted by Crippen LogP contribution is 2.18. The first kappa shape index (κ1) is 18.8. The number of aliphatic hydroxyl groups excluding tert-OH is 1. The highest BCUT2D eigenvalue weighted by Gasteiger charge is 2.24. The summed E-state index contributed by atoms with van der Waals surface area (Å²) in [6, 6.07) is 7.18. The van der Waals surface area contributed by atoms with E-state index in [0.717, 1.165) is 0 Å². The van der Waals surface area contributed by atoms with Crippen molar-refractivity contribution >= 4 is 5.91 Å². The molecular weight excluding hydrogens is 325 g/mol. The average molecular weight is 347 g/mol. The summed E-state index contributed by atoms with van der Waals surface area (Å²) < 4.78 is 15.2. The number of halogens is 1. The molecule has 1 atom stereocenters. The molecule has 6 nitrogen and oxygen atoms in total. The third-order valence-corrected chi connectivity index (χ3v) is 3.86. The van der Waals surface area contributed by atoms with Crippen molar-refractivity contribution in [2.45, 2.75) is 33.8 Å². The van der Waals surface area contributed by atoms with E-state index in [2.05, 4.69) is 10.4 Å². The van der Waals surface area contributed by atoms with E-state index in [4.69, 9.17) is 0 Å². The fourth-order valence-corrected chi connectivity index (χ4v) is 2.15. The van der Waals surface area contributed by atoms with Gasteiger partial charge in [-0.25, -0.2) is 9.07 Å². The molecular formula is C18H22FN3O3. The summed E-state index contributed by atoms with van der Waals surface area (Å²) >= 11 is 0. The molecule has 0 saturated carbocycles. The monoisotopic (exact) mass is 347 g/mol. The number of aliphatic hydroxyl groups is 1. The van der Waals surface area contributed by atoms with Gasteiger partial charge < -0.3 is 10.4 Å². The Bertz CT molecular complexity index is 840. The van der Waals surface area contributed by atoms with Gasteiger partial charge in [0, 0.05) is 18.3 Å². The minimum atomic E-state index is -0.782. The third-order valence-electron chi connectivity index (χ3n) is 3.86. The van der Waals surface area contributed by atoms with E-state index in [1.807, 2.05) is 20.8 Å². The van der Waals surface area contributed by atoms with Crippen LogP contribution in [0, 0.1) is 18.2 Å². The van der Waals surface area contributed by atoms with Crippen LogP contribution < -0.4 is 10.7 Å². The fourth-order valence-electron chi connectivity index (χ4n) is 2.15. The zero-order chi connectivity index (χ0) is 18.8. The van der Waals surface area contributed by atoms with Crippen LogP contribution in [-0.4, -0.2) is 33.4 Å². The van der Waals surface area contributed by atoms with Crippen molar-refractivity contribution in [3.8, 4) is 5.69 Å². The molecule has 0 aliphatic carbocycles. The molecule has 2 N–H and O–H groups in total. The molecule has 0 saturated heterocycles. The average Bonchev–Trinajstić information content (AvgIpc) is 2.52. The molecule has 0 fully saturated rings. The summed E-state index contributed by atoms with van der Waals surface area (Å²) in [4.78, 5) is 24.4. The Balaban J connectivity index is 2.33. The first-order chi connectivity index (χ1) is 11.6. The lowest BCUT2D eigenvalue weighted by Gasteiger charge is -2.25. The molecule has 2 rings (SSSR count). The summed E-state index contributed by atoms with van der Waals surface area (Å²) in [5.41, 5.74) is -0.783. The molecule has 0 radical (unpaired) electrons. The molecule has 1 amide bonds. The molecule has 0 aliphatic rings. The van der Waals surface area contributed by atoms with Gasteiger partial charge in [-0.15, -0.1) is 0 Å². The topological polar surface area (TPSA) is 84.2 Å². The van der Waals surface area contributed by atoms with Gasteiger partial charge in [-0.05, 0) is 24.5 Å². The Morgan fingerprint density at radius 1 is 1.36 bits per heavy atom. The Morgan fingerprint density at radius 2 is 2.00 bits per heavy atom. The number of aryl methyl sites for hydroxylation is 1. The lowest BCUT2D eigenvalue weighted by molar-refractivity contribution is 0.0584. The molecule has 7 heteroatoms.